The number of nitrogens with one attached hydrogen (secondary N) is 2. The van der Waals surface area contributed by atoms with E-state index in [9.17, 15) is 4.79 Å². The van der Waals surface area contributed by atoms with Gasteiger partial charge < -0.3 is 15.4 Å². The van der Waals surface area contributed by atoms with Gasteiger partial charge in [0.1, 0.15) is 0 Å². The van der Waals surface area contributed by atoms with Crippen molar-refractivity contribution >= 4 is 23.2 Å². The minimum absolute atomic E-state index is 0.0190. The Labute approximate surface area is 132 Å². The van der Waals surface area contributed by atoms with E-state index in [4.69, 9.17) is 16.3 Å². The maximum absolute atomic E-state index is 12.5. The summed E-state index contributed by atoms with van der Waals surface area (Å²) >= 11 is 6.02. The van der Waals surface area contributed by atoms with E-state index in [0.717, 1.165) is 31.5 Å². The fraction of sp³-hybridized carbons (Fsp3) is 0.562. The van der Waals surface area contributed by atoms with Crippen molar-refractivity contribution in [2.45, 2.75) is 39.2 Å². The van der Waals surface area contributed by atoms with Crippen LogP contribution in [0.4, 0.5) is 5.69 Å². The average molecular weight is 313 g/mol. The summed E-state index contributed by atoms with van der Waals surface area (Å²) in [6.07, 6.45) is 2.87. The second-order valence-corrected chi connectivity index (χ2v) is 5.47. The quantitative estimate of drug-likeness (QED) is 0.731. The van der Waals surface area contributed by atoms with Crippen molar-refractivity contribution in [3.63, 3.8) is 0 Å². The molecule has 2 N–H and O–H groups in total. The van der Waals surface area contributed by atoms with Crippen molar-refractivity contribution in [1.82, 2.24) is 5.32 Å². The molecule has 0 aromatic heterocycles. The van der Waals surface area contributed by atoms with Gasteiger partial charge in [0.2, 0.25) is 0 Å². The Morgan fingerprint density at radius 3 is 2.71 bits per heavy atom. The number of hydrogen-bond acceptors (Lipinski definition) is 3. The van der Waals surface area contributed by atoms with E-state index < -0.39 is 0 Å². The van der Waals surface area contributed by atoms with Crippen molar-refractivity contribution in [3.8, 4) is 0 Å². The predicted octanol–water partition coefficient (Wildman–Crippen LogP) is 3.71. The maximum Gasteiger partial charge on any atom is 0.253 e. The van der Waals surface area contributed by atoms with Gasteiger partial charge in [-0.2, -0.15) is 0 Å². The number of ether oxygens (including phenoxy) is 1. The topological polar surface area (TPSA) is 50.4 Å². The highest BCUT2D eigenvalue weighted by Crippen LogP contribution is 2.21. The Hall–Kier alpha value is -1.26. The SMILES string of the molecule is CCCNc1ccc(Cl)cc1C(=O)NC(CCC)COC. The van der Waals surface area contributed by atoms with Gasteiger partial charge in [0.05, 0.1) is 18.2 Å². The number of carbonyl (C=O) groups is 1. The Balaban J connectivity index is 2.85. The summed E-state index contributed by atoms with van der Waals surface area (Å²) in [4.78, 5) is 12.5. The largest absolute Gasteiger partial charge is 0.384 e. The molecule has 0 aliphatic rings. The van der Waals surface area contributed by atoms with Crippen LogP contribution in [0.15, 0.2) is 18.2 Å². The highest BCUT2D eigenvalue weighted by molar-refractivity contribution is 6.31. The molecule has 0 spiro atoms. The highest BCUT2D eigenvalue weighted by atomic mass is 35.5. The van der Waals surface area contributed by atoms with Crippen LogP contribution in [0.1, 0.15) is 43.5 Å². The lowest BCUT2D eigenvalue weighted by Crippen LogP contribution is -2.38. The number of methoxy groups -OCH3 is 1. The zero-order valence-corrected chi connectivity index (χ0v) is 13.8. The van der Waals surface area contributed by atoms with Crippen molar-refractivity contribution in [3.05, 3.63) is 28.8 Å². The van der Waals surface area contributed by atoms with Crippen molar-refractivity contribution in [1.29, 1.82) is 0 Å². The zero-order valence-electron chi connectivity index (χ0n) is 13.0. The molecule has 0 aliphatic carbocycles. The molecule has 0 fully saturated rings. The summed E-state index contributed by atoms with van der Waals surface area (Å²) in [5.74, 6) is -0.119. The molecule has 118 valence electrons. The second-order valence-electron chi connectivity index (χ2n) is 5.03. The number of halogens is 1. The Morgan fingerprint density at radius 1 is 1.33 bits per heavy atom. The average Bonchev–Trinajstić information content (AvgIpc) is 2.46. The third kappa shape index (κ3) is 5.94. The molecule has 1 rings (SSSR count). The van der Waals surface area contributed by atoms with Gasteiger partial charge in [-0.05, 0) is 31.0 Å². The molecule has 4 nitrogen and oxygen atoms in total. The van der Waals surface area contributed by atoms with Gasteiger partial charge in [0.15, 0.2) is 0 Å². The lowest BCUT2D eigenvalue weighted by molar-refractivity contribution is 0.0892. The Morgan fingerprint density at radius 2 is 2.10 bits per heavy atom. The van der Waals surface area contributed by atoms with Crippen LogP contribution >= 0.6 is 11.6 Å². The van der Waals surface area contributed by atoms with Crippen molar-refractivity contribution < 1.29 is 9.53 Å². The molecule has 1 atom stereocenters. The molecule has 21 heavy (non-hydrogen) atoms. The zero-order chi connectivity index (χ0) is 15.7. The number of carbonyl (C=O) groups excluding carboxylic acids is 1. The smallest absolute Gasteiger partial charge is 0.253 e. The molecule has 5 heteroatoms. The monoisotopic (exact) mass is 312 g/mol. The van der Waals surface area contributed by atoms with Gasteiger partial charge in [-0.25, -0.2) is 0 Å². The molecule has 1 unspecified atom stereocenters. The number of amides is 1. The summed E-state index contributed by atoms with van der Waals surface area (Å²) in [7, 11) is 1.64. The molecule has 0 aliphatic heterocycles. The van der Waals surface area contributed by atoms with Gasteiger partial charge in [-0.15, -0.1) is 0 Å². The van der Waals surface area contributed by atoms with Crippen LogP contribution in [0.3, 0.4) is 0 Å². The first-order valence-corrected chi connectivity index (χ1v) is 7.83. The van der Waals surface area contributed by atoms with Crippen LogP contribution in [-0.2, 0) is 4.74 Å². The molecule has 0 bridgehead atoms. The van der Waals surface area contributed by atoms with Crippen LogP contribution in [0.25, 0.3) is 0 Å². The number of rotatable bonds is 9. The second kappa shape index (κ2) is 9.64. The van der Waals surface area contributed by atoms with Gasteiger partial charge in [0, 0.05) is 24.4 Å². The number of hydrogen-bond donors (Lipinski definition) is 2. The third-order valence-electron chi connectivity index (χ3n) is 3.13. The minimum Gasteiger partial charge on any atom is -0.384 e. The van der Waals surface area contributed by atoms with Gasteiger partial charge in [-0.1, -0.05) is 31.9 Å². The molecule has 0 heterocycles. The third-order valence-corrected chi connectivity index (χ3v) is 3.37. The standard InChI is InChI=1S/C16H25ClN2O2/c1-4-6-13(11-21-3)19-16(20)14-10-12(17)7-8-15(14)18-9-5-2/h7-8,10,13,18H,4-6,9,11H2,1-3H3,(H,19,20). The summed E-state index contributed by atoms with van der Waals surface area (Å²) < 4.78 is 5.16. The highest BCUT2D eigenvalue weighted by Gasteiger charge is 2.16. The van der Waals surface area contributed by atoms with E-state index in [1.807, 2.05) is 6.07 Å². The molecule has 1 aromatic carbocycles. The van der Waals surface area contributed by atoms with Crippen LogP contribution in [0.5, 0.6) is 0 Å². The molecular weight excluding hydrogens is 288 g/mol. The minimum atomic E-state index is -0.119. The fourth-order valence-electron chi connectivity index (χ4n) is 2.13. The van der Waals surface area contributed by atoms with E-state index in [-0.39, 0.29) is 11.9 Å². The van der Waals surface area contributed by atoms with Gasteiger partial charge in [0.25, 0.3) is 5.91 Å². The fourth-order valence-corrected chi connectivity index (χ4v) is 2.30. The number of benzene rings is 1. The van der Waals surface area contributed by atoms with Crippen molar-refractivity contribution in [2.75, 3.05) is 25.6 Å². The van der Waals surface area contributed by atoms with E-state index in [1.165, 1.54) is 0 Å². The van der Waals surface area contributed by atoms with E-state index in [1.54, 1.807) is 19.2 Å². The van der Waals surface area contributed by atoms with Crippen LogP contribution in [-0.4, -0.2) is 32.2 Å². The van der Waals surface area contributed by atoms with Crippen LogP contribution in [0, 0.1) is 0 Å². The molecule has 1 aromatic rings. The summed E-state index contributed by atoms with van der Waals surface area (Å²) in [5.41, 5.74) is 1.39. The van der Waals surface area contributed by atoms with E-state index >= 15 is 0 Å². The van der Waals surface area contributed by atoms with Crippen LogP contribution in [0.2, 0.25) is 5.02 Å². The number of anilines is 1. The molecule has 1 amide bonds. The summed E-state index contributed by atoms with van der Waals surface area (Å²) in [6.45, 7) is 5.50. The lowest BCUT2D eigenvalue weighted by atomic mass is 10.1. The normalized spacial score (nSPS) is 12.0. The molecule has 0 saturated heterocycles. The summed E-state index contributed by atoms with van der Waals surface area (Å²) in [6, 6.07) is 5.35. The molecule has 0 saturated carbocycles. The predicted molar refractivity (Wildman–Crippen MR) is 88.3 cm³/mol. The first-order valence-electron chi connectivity index (χ1n) is 7.45. The maximum atomic E-state index is 12.5. The molecular formula is C16H25ClN2O2. The molecule has 0 radical (unpaired) electrons. The van der Waals surface area contributed by atoms with Gasteiger partial charge in [-0.3, -0.25) is 4.79 Å². The van der Waals surface area contributed by atoms with Crippen molar-refractivity contribution in [2.24, 2.45) is 0 Å². The summed E-state index contributed by atoms with van der Waals surface area (Å²) in [5, 5.41) is 6.83. The first-order chi connectivity index (χ1) is 10.1. The lowest BCUT2D eigenvalue weighted by Gasteiger charge is -2.19. The Bertz CT molecular complexity index is 446. The Kier molecular flexibility index (Phi) is 8.16. The first kappa shape index (κ1) is 17.8. The van der Waals surface area contributed by atoms with Crippen LogP contribution < -0.4 is 10.6 Å². The van der Waals surface area contributed by atoms with E-state index in [2.05, 4.69) is 24.5 Å². The van der Waals surface area contributed by atoms with E-state index in [0.29, 0.717) is 17.2 Å². The van der Waals surface area contributed by atoms with Gasteiger partial charge >= 0.3 is 0 Å².